The summed E-state index contributed by atoms with van der Waals surface area (Å²) in [6.07, 6.45) is 0.581. The van der Waals surface area contributed by atoms with E-state index in [-0.39, 0.29) is 11.5 Å². The van der Waals surface area contributed by atoms with Crippen LogP contribution in [-0.4, -0.2) is 11.9 Å². The monoisotopic (exact) mass is 436 g/mol. The van der Waals surface area contributed by atoms with E-state index in [1.54, 1.807) is 48.5 Å². The number of carbonyl (C=O) groups is 2. The molecule has 0 radical (unpaired) electrons. The number of rotatable bonds is 6. The van der Waals surface area contributed by atoms with Crippen molar-refractivity contribution in [3.63, 3.8) is 0 Å². The highest BCUT2D eigenvalue weighted by Gasteiger charge is 2.24. The van der Waals surface area contributed by atoms with E-state index in [0.717, 1.165) is 16.7 Å². The second-order valence-corrected chi connectivity index (χ2v) is 7.61. The highest BCUT2D eigenvalue weighted by molar-refractivity contribution is 5.94. The zero-order valence-corrected chi connectivity index (χ0v) is 18.6. The lowest BCUT2D eigenvalue weighted by molar-refractivity contribution is 0.0680. The first-order valence-corrected chi connectivity index (χ1v) is 10.8. The van der Waals surface area contributed by atoms with Gasteiger partial charge in [-0.1, -0.05) is 73.7 Å². The molecule has 4 heteroatoms. The first-order chi connectivity index (χ1) is 16.1. The summed E-state index contributed by atoms with van der Waals surface area (Å²) in [6.45, 7) is 3.83. The molecule has 164 valence electrons. The van der Waals surface area contributed by atoms with Crippen LogP contribution in [0, 0.1) is 6.92 Å². The summed E-state index contributed by atoms with van der Waals surface area (Å²) in [7, 11) is 0. The van der Waals surface area contributed by atoms with Gasteiger partial charge in [-0.3, -0.25) is 0 Å². The smallest absolute Gasteiger partial charge is 0.343 e. The molecule has 0 fully saturated rings. The quantitative estimate of drug-likeness (QED) is 0.250. The summed E-state index contributed by atoms with van der Waals surface area (Å²) in [4.78, 5) is 25.9. The maximum Gasteiger partial charge on any atom is 0.343 e. The van der Waals surface area contributed by atoms with Gasteiger partial charge in [0.2, 0.25) is 0 Å². The fraction of sp³-hybridized carbons (Fsp3) is 0.103. The predicted octanol–water partition coefficient (Wildman–Crippen LogP) is 6.66. The van der Waals surface area contributed by atoms with Gasteiger partial charge in [-0.15, -0.1) is 0 Å². The Kier molecular flexibility index (Phi) is 6.65. The minimum Gasteiger partial charge on any atom is -0.419 e. The fourth-order valence-electron chi connectivity index (χ4n) is 3.72. The van der Waals surface area contributed by atoms with Gasteiger partial charge >= 0.3 is 11.9 Å². The molecule has 0 bridgehead atoms. The zero-order valence-electron chi connectivity index (χ0n) is 18.6. The van der Waals surface area contributed by atoms with Crippen molar-refractivity contribution in [2.75, 3.05) is 0 Å². The number of aryl methyl sites for hydroxylation is 1. The summed E-state index contributed by atoms with van der Waals surface area (Å²) in [6, 6.07) is 29.4. The van der Waals surface area contributed by atoms with E-state index in [4.69, 9.17) is 9.47 Å². The Bertz CT molecular complexity index is 1260. The van der Waals surface area contributed by atoms with Crippen LogP contribution in [0.5, 0.6) is 11.5 Å². The van der Waals surface area contributed by atoms with Crippen molar-refractivity contribution in [2.24, 2.45) is 0 Å². The Morgan fingerprint density at radius 2 is 1.12 bits per heavy atom. The van der Waals surface area contributed by atoms with Gasteiger partial charge < -0.3 is 9.47 Å². The molecule has 0 saturated heterocycles. The number of hydrogen-bond donors (Lipinski definition) is 0. The minimum atomic E-state index is -0.509. The van der Waals surface area contributed by atoms with E-state index in [9.17, 15) is 9.59 Å². The number of carbonyl (C=O) groups excluding carboxylic acids is 2. The molecule has 4 aromatic rings. The van der Waals surface area contributed by atoms with Gasteiger partial charge in [0.1, 0.15) is 0 Å². The second-order valence-electron chi connectivity index (χ2n) is 7.61. The van der Waals surface area contributed by atoms with E-state index in [1.807, 2.05) is 62.4 Å². The van der Waals surface area contributed by atoms with Crippen molar-refractivity contribution in [3.05, 3.63) is 119 Å². The lowest BCUT2D eigenvalue weighted by atomic mass is 9.94. The van der Waals surface area contributed by atoms with Crippen molar-refractivity contribution >= 4 is 11.9 Å². The van der Waals surface area contributed by atoms with Gasteiger partial charge in [-0.25, -0.2) is 9.59 Å². The molecular formula is C29H24O4. The van der Waals surface area contributed by atoms with Gasteiger partial charge in [0.25, 0.3) is 0 Å². The van der Waals surface area contributed by atoms with Crippen LogP contribution in [0.4, 0.5) is 0 Å². The Morgan fingerprint density at radius 1 is 0.667 bits per heavy atom. The first kappa shape index (κ1) is 22.0. The third kappa shape index (κ3) is 4.85. The molecule has 0 heterocycles. The third-order valence-electron chi connectivity index (χ3n) is 5.37. The highest BCUT2D eigenvalue weighted by Crippen LogP contribution is 2.42. The molecule has 0 saturated carbocycles. The lowest BCUT2D eigenvalue weighted by Gasteiger charge is -2.20. The molecule has 0 N–H and O–H groups in total. The first-order valence-electron chi connectivity index (χ1n) is 10.8. The van der Waals surface area contributed by atoms with Crippen molar-refractivity contribution in [2.45, 2.75) is 20.3 Å². The Balaban J connectivity index is 1.84. The highest BCUT2D eigenvalue weighted by atomic mass is 16.6. The fourth-order valence-corrected chi connectivity index (χ4v) is 3.72. The molecule has 33 heavy (non-hydrogen) atoms. The van der Waals surface area contributed by atoms with E-state index < -0.39 is 11.9 Å². The van der Waals surface area contributed by atoms with Gasteiger partial charge in [-0.2, -0.15) is 0 Å². The summed E-state index contributed by atoms with van der Waals surface area (Å²) in [5, 5.41) is 0. The molecule has 4 aromatic carbocycles. The maximum atomic E-state index is 13.0. The maximum absolute atomic E-state index is 13.0. The number of hydrogen-bond acceptors (Lipinski definition) is 4. The molecule has 0 aliphatic rings. The normalized spacial score (nSPS) is 10.5. The zero-order chi connectivity index (χ0) is 23.2. The molecule has 0 aliphatic carbocycles. The van der Waals surface area contributed by atoms with Crippen LogP contribution in [0.1, 0.15) is 38.8 Å². The molecule has 0 unspecified atom stereocenters. The summed E-state index contributed by atoms with van der Waals surface area (Å²) < 4.78 is 11.7. The summed E-state index contributed by atoms with van der Waals surface area (Å²) in [5.41, 5.74) is 4.27. The largest absolute Gasteiger partial charge is 0.419 e. The van der Waals surface area contributed by atoms with Crippen molar-refractivity contribution in [1.29, 1.82) is 0 Å². The second kappa shape index (κ2) is 9.96. The Hall–Kier alpha value is -4.18. The topological polar surface area (TPSA) is 52.6 Å². The summed E-state index contributed by atoms with van der Waals surface area (Å²) >= 11 is 0. The molecule has 4 nitrogen and oxygen atoms in total. The standard InChI is InChI=1S/C29H24O4/c1-3-24-25(21-13-7-4-8-14-21)19-20(2)26(32-28(30)22-15-9-5-10-16-22)27(24)33-29(31)23-17-11-6-12-18-23/h4-19H,3H2,1-2H3. The Labute approximate surface area is 193 Å². The van der Waals surface area contributed by atoms with E-state index in [1.165, 1.54) is 0 Å². The number of esters is 2. The van der Waals surface area contributed by atoms with Crippen LogP contribution in [0.2, 0.25) is 0 Å². The van der Waals surface area contributed by atoms with E-state index >= 15 is 0 Å². The van der Waals surface area contributed by atoms with Gasteiger partial charge in [0, 0.05) is 5.56 Å². The van der Waals surface area contributed by atoms with Gasteiger partial charge in [-0.05, 0) is 60.4 Å². The van der Waals surface area contributed by atoms with Crippen molar-refractivity contribution < 1.29 is 19.1 Å². The van der Waals surface area contributed by atoms with Crippen LogP contribution in [0.15, 0.2) is 97.1 Å². The number of benzene rings is 4. The molecule has 0 aliphatic heterocycles. The molecule has 0 amide bonds. The average Bonchev–Trinajstić information content (AvgIpc) is 2.87. The minimum absolute atomic E-state index is 0.254. The SMILES string of the molecule is CCc1c(-c2ccccc2)cc(C)c(OC(=O)c2ccccc2)c1OC(=O)c1ccccc1. The third-order valence-corrected chi connectivity index (χ3v) is 5.37. The van der Waals surface area contributed by atoms with Gasteiger partial charge in [0.15, 0.2) is 11.5 Å². The van der Waals surface area contributed by atoms with Crippen LogP contribution in [0.25, 0.3) is 11.1 Å². The predicted molar refractivity (Wildman–Crippen MR) is 129 cm³/mol. The Morgan fingerprint density at radius 3 is 1.61 bits per heavy atom. The van der Waals surface area contributed by atoms with Crippen LogP contribution >= 0.6 is 0 Å². The molecule has 0 aromatic heterocycles. The number of ether oxygens (including phenoxy) is 2. The van der Waals surface area contributed by atoms with Gasteiger partial charge in [0.05, 0.1) is 11.1 Å². The molecule has 0 atom stereocenters. The van der Waals surface area contributed by atoms with Crippen LogP contribution in [0.3, 0.4) is 0 Å². The average molecular weight is 437 g/mol. The molecule has 0 spiro atoms. The lowest BCUT2D eigenvalue weighted by Crippen LogP contribution is -2.15. The molecule has 4 rings (SSSR count). The molecular weight excluding hydrogens is 412 g/mol. The van der Waals surface area contributed by atoms with E-state index in [0.29, 0.717) is 23.1 Å². The van der Waals surface area contributed by atoms with Crippen molar-refractivity contribution in [1.82, 2.24) is 0 Å². The van der Waals surface area contributed by atoms with E-state index in [2.05, 4.69) is 0 Å². The summed E-state index contributed by atoms with van der Waals surface area (Å²) in [5.74, 6) is -0.490. The van der Waals surface area contributed by atoms with Crippen molar-refractivity contribution in [3.8, 4) is 22.6 Å². The van der Waals surface area contributed by atoms with Crippen LogP contribution in [-0.2, 0) is 6.42 Å². The van der Waals surface area contributed by atoms with Crippen LogP contribution < -0.4 is 9.47 Å².